The fourth-order valence-corrected chi connectivity index (χ4v) is 3.48. The Bertz CT molecular complexity index is 612. The van der Waals surface area contributed by atoms with Crippen LogP contribution in [0.15, 0.2) is 30.3 Å². The molecule has 29 heavy (non-hydrogen) atoms. The highest BCUT2D eigenvalue weighted by atomic mass is 35.5. The second kappa shape index (κ2) is 11.4. The van der Waals surface area contributed by atoms with Crippen molar-refractivity contribution >= 4 is 25.4 Å². The number of aryl methyl sites for hydroxylation is 1. The van der Waals surface area contributed by atoms with E-state index in [0.29, 0.717) is 0 Å². The molecule has 0 radical (unpaired) electrons. The van der Waals surface area contributed by atoms with Crippen LogP contribution in [-0.4, -0.2) is 43.3 Å². The number of rotatable bonds is 10. The third-order valence-corrected chi connectivity index (χ3v) is 5.99. The predicted octanol–water partition coefficient (Wildman–Crippen LogP) is 3.94. The lowest BCUT2D eigenvalue weighted by Crippen LogP contribution is -2.53. The second-order valence-electron chi connectivity index (χ2n) is 8.75. The lowest BCUT2D eigenvalue weighted by molar-refractivity contribution is -0.123. The molecule has 1 fully saturated rings. The first-order chi connectivity index (χ1) is 13.2. The van der Waals surface area contributed by atoms with Crippen LogP contribution in [0, 0.1) is 0 Å². The van der Waals surface area contributed by atoms with Gasteiger partial charge in [0, 0.05) is 0 Å². The average Bonchev–Trinajstić information content (AvgIpc) is 2.87. The first kappa shape index (κ1) is 26.0. The van der Waals surface area contributed by atoms with E-state index >= 15 is 0 Å². The number of halogens is 1. The lowest BCUT2D eigenvalue weighted by Gasteiger charge is -2.32. The van der Waals surface area contributed by atoms with Gasteiger partial charge in [-0.05, 0) is 66.0 Å². The average molecular weight is 425 g/mol. The molecule has 5 nitrogen and oxygen atoms in total. The molecule has 1 aliphatic heterocycles. The molecular weight excluding hydrogens is 387 g/mol. The van der Waals surface area contributed by atoms with Crippen LogP contribution in [0.4, 0.5) is 0 Å². The molecule has 0 bridgehead atoms. The van der Waals surface area contributed by atoms with E-state index < -0.39 is 18.3 Å². The number of likely N-dealkylation sites (N-methyl/N-ethyl adjacent to an activating group) is 1. The molecule has 0 aliphatic carbocycles. The first-order valence-corrected chi connectivity index (χ1v) is 10.6. The molecule has 1 amide bonds. The highest BCUT2D eigenvalue weighted by Gasteiger charge is 2.54. The van der Waals surface area contributed by atoms with Crippen LogP contribution < -0.4 is 10.6 Å². The van der Waals surface area contributed by atoms with Crippen molar-refractivity contribution < 1.29 is 14.1 Å². The van der Waals surface area contributed by atoms with Gasteiger partial charge in [0.25, 0.3) is 0 Å². The quantitative estimate of drug-likeness (QED) is 0.559. The Balaban J connectivity index is 0.00000420. The van der Waals surface area contributed by atoms with Gasteiger partial charge in [0.05, 0.1) is 23.2 Å². The molecular formula is C22H38BClN2O3. The van der Waals surface area contributed by atoms with Crippen LogP contribution in [-0.2, 0) is 20.5 Å². The number of nitrogens with one attached hydrogen (secondary N) is 2. The maximum atomic E-state index is 12.8. The van der Waals surface area contributed by atoms with Crippen molar-refractivity contribution in [1.82, 2.24) is 10.6 Å². The predicted molar refractivity (Wildman–Crippen MR) is 122 cm³/mol. The zero-order valence-electron chi connectivity index (χ0n) is 18.8. The lowest BCUT2D eigenvalue weighted by atomic mass is 9.75. The van der Waals surface area contributed by atoms with Crippen LogP contribution >= 0.6 is 12.4 Å². The Morgan fingerprint density at radius 3 is 2.17 bits per heavy atom. The fourth-order valence-electron chi connectivity index (χ4n) is 3.48. The minimum Gasteiger partial charge on any atom is -0.402 e. The highest BCUT2D eigenvalue weighted by Crippen LogP contribution is 2.38. The largest absolute Gasteiger partial charge is 0.481 e. The number of benzene rings is 1. The topological polar surface area (TPSA) is 59.6 Å². The van der Waals surface area contributed by atoms with Crippen LogP contribution in [0.1, 0.15) is 65.9 Å². The van der Waals surface area contributed by atoms with Gasteiger partial charge >= 0.3 is 7.12 Å². The van der Waals surface area contributed by atoms with Crippen LogP contribution in [0.25, 0.3) is 0 Å². The molecule has 1 saturated heterocycles. The second-order valence-corrected chi connectivity index (χ2v) is 8.75. The molecule has 1 heterocycles. The van der Waals surface area contributed by atoms with Gasteiger partial charge in [0.1, 0.15) is 0 Å². The van der Waals surface area contributed by atoms with Crippen molar-refractivity contribution in [2.24, 2.45) is 0 Å². The van der Waals surface area contributed by atoms with Gasteiger partial charge in [0.15, 0.2) is 0 Å². The standard InChI is InChI=1S/C22H37BN2O3.ClH/c1-7-12-18(24-6)20(26)25-19(16-11-15-17-13-9-8-10-14-17)23-27-21(2,3)22(4,5)28-23;/h8-10,13-14,18-19,24H,7,11-12,15-16H2,1-6H3,(H,25,26);1H. The maximum absolute atomic E-state index is 12.8. The molecule has 7 heteroatoms. The molecule has 2 rings (SSSR count). The summed E-state index contributed by atoms with van der Waals surface area (Å²) in [4.78, 5) is 12.8. The molecule has 2 atom stereocenters. The summed E-state index contributed by atoms with van der Waals surface area (Å²) in [7, 11) is 1.39. The SMILES string of the molecule is CCCC(NC)C(=O)NC(CCCc1ccccc1)B1OC(C)(C)C(C)(C)O1.Cl. The number of hydrogen-bond acceptors (Lipinski definition) is 4. The van der Waals surface area contributed by atoms with Crippen LogP contribution in [0.5, 0.6) is 0 Å². The molecule has 0 spiro atoms. The Morgan fingerprint density at radius 2 is 1.66 bits per heavy atom. The summed E-state index contributed by atoms with van der Waals surface area (Å²) in [6, 6.07) is 10.2. The van der Waals surface area contributed by atoms with E-state index in [9.17, 15) is 4.79 Å². The van der Waals surface area contributed by atoms with Gasteiger partial charge in [-0.1, -0.05) is 43.7 Å². The number of carbonyl (C=O) groups is 1. The zero-order valence-corrected chi connectivity index (χ0v) is 19.6. The summed E-state index contributed by atoms with van der Waals surface area (Å²) in [6.07, 6.45) is 4.49. The Morgan fingerprint density at radius 1 is 1.07 bits per heavy atom. The van der Waals surface area contributed by atoms with Crippen molar-refractivity contribution in [3.05, 3.63) is 35.9 Å². The smallest absolute Gasteiger partial charge is 0.402 e. The van der Waals surface area contributed by atoms with E-state index in [-0.39, 0.29) is 30.3 Å². The molecule has 2 unspecified atom stereocenters. The molecule has 2 N–H and O–H groups in total. The van der Waals surface area contributed by atoms with Gasteiger partial charge < -0.3 is 19.9 Å². The van der Waals surface area contributed by atoms with E-state index in [1.165, 1.54) is 5.56 Å². The van der Waals surface area contributed by atoms with Gasteiger partial charge in [-0.2, -0.15) is 0 Å². The van der Waals surface area contributed by atoms with Crippen LogP contribution in [0.2, 0.25) is 0 Å². The number of hydrogen-bond donors (Lipinski definition) is 2. The fraction of sp³-hybridized carbons (Fsp3) is 0.682. The van der Waals surface area contributed by atoms with Crippen molar-refractivity contribution in [1.29, 1.82) is 0 Å². The summed E-state index contributed by atoms with van der Waals surface area (Å²) in [5.74, 6) is -0.159. The Labute approximate surface area is 183 Å². The van der Waals surface area contributed by atoms with Crippen molar-refractivity contribution in [3.63, 3.8) is 0 Å². The van der Waals surface area contributed by atoms with Crippen molar-refractivity contribution in [2.75, 3.05) is 7.05 Å². The normalized spacial score (nSPS) is 19.3. The van der Waals surface area contributed by atoms with E-state index in [2.05, 4.69) is 41.8 Å². The molecule has 164 valence electrons. The van der Waals surface area contributed by atoms with Crippen molar-refractivity contribution in [2.45, 2.75) is 89.9 Å². The van der Waals surface area contributed by atoms with E-state index in [0.717, 1.165) is 32.1 Å². The zero-order chi connectivity index (χ0) is 20.8. The van der Waals surface area contributed by atoms with Gasteiger partial charge in [-0.25, -0.2) is 0 Å². The minimum atomic E-state index is -0.441. The summed E-state index contributed by atoms with van der Waals surface area (Å²) in [5.41, 5.74) is 0.484. The minimum absolute atomic E-state index is 0. The third-order valence-electron chi connectivity index (χ3n) is 5.99. The molecule has 1 aromatic carbocycles. The number of amides is 1. The van der Waals surface area contributed by atoms with E-state index in [1.54, 1.807) is 0 Å². The summed E-state index contributed by atoms with van der Waals surface area (Å²) in [5, 5.41) is 6.32. The molecule has 0 saturated carbocycles. The monoisotopic (exact) mass is 424 g/mol. The summed E-state index contributed by atoms with van der Waals surface area (Å²) < 4.78 is 12.5. The summed E-state index contributed by atoms with van der Waals surface area (Å²) >= 11 is 0. The Kier molecular flexibility index (Phi) is 10.2. The number of carbonyl (C=O) groups excluding carboxylic acids is 1. The van der Waals surface area contributed by atoms with Gasteiger partial charge in [-0.15, -0.1) is 12.4 Å². The molecule has 1 aliphatic rings. The van der Waals surface area contributed by atoms with Crippen LogP contribution in [0.3, 0.4) is 0 Å². The maximum Gasteiger partial charge on any atom is 0.481 e. The first-order valence-electron chi connectivity index (χ1n) is 10.6. The van der Waals surface area contributed by atoms with E-state index in [4.69, 9.17) is 9.31 Å². The highest BCUT2D eigenvalue weighted by molar-refractivity contribution is 6.48. The van der Waals surface area contributed by atoms with Gasteiger partial charge in [0.2, 0.25) is 5.91 Å². The summed E-state index contributed by atoms with van der Waals surface area (Å²) in [6.45, 7) is 10.3. The Hall–Kier alpha value is -1.08. The molecule has 0 aromatic heterocycles. The van der Waals surface area contributed by atoms with Gasteiger partial charge in [-0.3, -0.25) is 4.79 Å². The third kappa shape index (κ3) is 6.99. The van der Waals surface area contributed by atoms with E-state index in [1.807, 2.05) is 40.8 Å². The van der Waals surface area contributed by atoms with Crippen molar-refractivity contribution in [3.8, 4) is 0 Å². The molecule has 1 aromatic rings.